The molecule has 1 aromatic heterocycles. The molecule has 0 aliphatic rings. The molecule has 0 bridgehead atoms. The van der Waals surface area contributed by atoms with Crippen LogP contribution in [0.3, 0.4) is 0 Å². The van der Waals surface area contributed by atoms with Crippen molar-refractivity contribution in [1.29, 1.82) is 0 Å². The lowest BCUT2D eigenvalue weighted by Gasteiger charge is -2.10. The summed E-state index contributed by atoms with van der Waals surface area (Å²) in [5.41, 5.74) is 7.18. The van der Waals surface area contributed by atoms with Crippen LogP contribution in [0.2, 0.25) is 5.02 Å². The highest BCUT2D eigenvalue weighted by Gasteiger charge is 2.12. The number of carbonyl (C=O) groups excluding carboxylic acids is 1. The number of fused-ring (bicyclic) bond motifs is 1. The molecule has 5 heteroatoms. The average Bonchev–Trinajstić information content (AvgIpc) is 2.50. The van der Waals surface area contributed by atoms with Crippen LogP contribution in [0.25, 0.3) is 10.8 Å². The smallest absolute Gasteiger partial charge is 0.257 e. The van der Waals surface area contributed by atoms with Gasteiger partial charge in [0.15, 0.2) is 0 Å². The lowest BCUT2D eigenvalue weighted by atomic mass is 10.1. The Balaban J connectivity index is 1.99. The molecule has 3 aromatic rings. The van der Waals surface area contributed by atoms with Crippen molar-refractivity contribution in [3.63, 3.8) is 0 Å². The van der Waals surface area contributed by atoms with Crippen molar-refractivity contribution in [2.45, 2.75) is 0 Å². The molecular weight excluding hydrogens is 286 g/mol. The lowest BCUT2D eigenvalue weighted by molar-refractivity contribution is 0.102. The second-order valence-electron chi connectivity index (χ2n) is 4.59. The number of nitrogen functional groups attached to an aromatic ring is 1. The molecule has 4 nitrogen and oxygen atoms in total. The van der Waals surface area contributed by atoms with Gasteiger partial charge in [0.1, 0.15) is 0 Å². The fraction of sp³-hybridized carbons (Fsp3) is 0. The van der Waals surface area contributed by atoms with Crippen molar-refractivity contribution in [1.82, 2.24) is 4.98 Å². The first-order chi connectivity index (χ1) is 10.1. The molecule has 0 radical (unpaired) electrons. The van der Waals surface area contributed by atoms with Gasteiger partial charge in [0.2, 0.25) is 0 Å². The first-order valence-corrected chi connectivity index (χ1v) is 6.72. The monoisotopic (exact) mass is 297 g/mol. The molecule has 0 unspecified atom stereocenters. The van der Waals surface area contributed by atoms with E-state index in [1.54, 1.807) is 30.6 Å². The van der Waals surface area contributed by atoms with Crippen molar-refractivity contribution in [3.8, 4) is 0 Å². The lowest BCUT2D eigenvalue weighted by Crippen LogP contribution is -2.14. The van der Waals surface area contributed by atoms with E-state index in [0.29, 0.717) is 22.0 Å². The number of amides is 1. The molecular formula is C16H12ClN3O. The third kappa shape index (κ3) is 2.66. The SMILES string of the molecule is Nc1ccc(Cl)cc1C(=O)Nc1cncc2ccccc12. The number of hydrogen-bond acceptors (Lipinski definition) is 3. The van der Waals surface area contributed by atoms with Crippen molar-refractivity contribution in [3.05, 3.63) is 65.4 Å². The molecule has 0 saturated carbocycles. The van der Waals surface area contributed by atoms with Crippen LogP contribution in [0.5, 0.6) is 0 Å². The first-order valence-electron chi connectivity index (χ1n) is 6.34. The molecule has 21 heavy (non-hydrogen) atoms. The third-order valence-electron chi connectivity index (χ3n) is 3.18. The Morgan fingerprint density at radius 1 is 1.14 bits per heavy atom. The fourth-order valence-electron chi connectivity index (χ4n) is 2.13. The zero-order chi connectivity index (χ0) is 14.8. The number of nitrogens with zero attached hydrogens (tertiary/aromatic N) is 1. The molecule has 1 amide bonds. The third-order valence-corrected chi connectivity index (χ3v) is 3.41. The summed E-state index contributed by atoms with van der Waals surface area (Å²) in [6.45, 7) is 0. The van der Waals surface area contributed by atoms with Gasteiger partial charge in [0.05, 0.1) is 17.4 Å². The average molecular weight is 298 g/mol. The zero-order valence-electron chi connectivity index (χ0n) is 11.0. The normalized spacial score (nSPS) is 10.5. The van der Waals surface area contributed by atoms with E-state index in [-0.39, 0.29) is 5.91 Å². The Morgan fingerprint density at radius 2 is 1.95 bits per heavy atom. The Bertz CT molecular complexity index is 827. The number of carbonyl (C=O) groups is 1. The van der Waals surface area contributed by atoms with Gasteiger partial charge < -0.3 is 11.1 Å². The number of benzene rings is 2. The summed E-state index contributed by atoms with van der Waals surface area (Å²) in [7, 11) is 0. The largest absolute Gasteiger partial charge is 0.398 e. The van der Waals surface area contributed by atoms with E-state index < -0.39 is 0 Å². The van der Waals surface area contributed by atoms with Crippen LogP contribution in [0, 0.1) is 0 Å². The van der Waals surface area contributed by atoms with E-state index in [4.69, 9.17) is 17.3 Å². The molecule has 1 heterocycles. The van der Waals surface area contributed by atoms with Crippen LogP contribution in [0.1, 0.15) is 10.4 Å². The molecule has 3 N–H and O–H groups in total. The van der Waals surface area contributed by atoms with Crippen LogP contribution >= 0.6 is 11.6 Å². The van der Waals surface area contributed by atoms with E-state index in [0.717, 1.165) is 10.8 Å². The highest BCUT2D eigenvalue weighted by Crippen LogP contribution is 2.24. The number of nitrogens with one attached hydrogen (secondary N) is 1. The Labute approximate surface area is 126 Å². The highest BCUT2D eigenvalue weighted by molar-refractivity contribution is 6.31. The van der Waals surface area contributed by atoms with Gasteiger partial charge >= 0.3 is 0 Å². The van der Waals surface area contributed by atoms with Gasteiger partial charge in [0, 0.05) is 27.7 Å². The molecule has 0 fully saturated rings. The molecule has 2 aromatic carbocycles. The molecule has 0 spiro atoms. The maximum absolute atomic E-state index is 12.4. The molecule has 0 aliphatic carbocycles. The van der Waals surface area contributed by atoms with E-state index >= 15 is 0 Å². The molecule has 0 aliphatic heterocycles. The van der Waals surface area contributed by atoms with Gasteiger partial charge in [-0.15, -0.1) is 0 Å². The molecule has 3 rings (SSSR count). The van der Waals surface area contributed by atoms with Crippen molar-refractivity contribution in [2.75, 3.05) is 11.1 Å². The van der Waals surface area contributed by atoms with Gasteiger partial charge in [-0.25, -0.2) is 0 Å². The minimum atomic E-state index is -0.312. The summed E-state index contributed by atoms with van der Waals surface area (Å²) < 4.78 is 0. The Kier molecular flexibility index (Phi) is 3.46. The van der Waals surface area contributed by atoms with Crippen LogP contribution in [-0.4, -0.2) is 10.9 Å². The summed E-state index contributed by atoms with van der Waals surface area (Å²) in [6, 6.07) is 12.5. The van der Waals surface area contributed by atoms with Gasteiger partial charge in [-0.05, 0) is 18.2 Å². The zero-order valence-corrected chi connectivity index (χ0v) is 11.8. The maximum Gasteiger partial charge on any atom is 0.257 e. The highest BCUT2D eigenvalue weighted by atomic mass is 35.5. The number of rotatable bonds is 2. The minimum Gasteiger partial charge on any atom is -0.398 e. The maximum atomic E-state index is 12.4. The van der Waals surface area contributed by atoms with Gasteiger partial charge in [-0.2, -0.15) is 0 Å². The van der Waals surface area contributed by atoms with E-state index in [2.05, 4.69) is 10.3 Å². The van der Waals surface area contributed by atoms with E-state index in [9.17, 15) is 4.79 Å². The number of aromatic nitrogens is 1. The molecule has 0 saturated heterocycles. The first kappa shape index (κ1) is 13.4. The van der Waals surface area contributed by atoms with Crippen molar-refractivity contribution >= 4 is 39.7 Å². The van der Waals surface area contributed by atoms with Gasteiger partial charge in [0.25, 0.3) is 5.91 Å². The fourth-order valence-corrected chi connectivity index (χ4v) is 2.30. The number of pyridine rings is 1. The summed E-state index contributed by atoms with van der Waals surface area (Å²) in [5, 5.41) is 5.16. The molecule has 0 atom stereocenters. The van der Waals surface area contributed by atoms with Crippen LogP contribution in [0.4, 0.5) is 11.4 Å². The summed E-state index contributed by atoms with van der Waals surface area (Å²) in [6.07, 6.45) is 3.36. The van der Waals surface area contributed by atoms with E-state index in [1.807, 2.05) is 24.3 Å². The van der Waals surface area contributed by atoms with Gasteiger partial charge in [-0.3, -0.25) is 9.78 Å². The predicted octanol–water partition coefficient (Wildman–Crippen LogP) is 3.72. The van der Waals surface area contributed by atoms with Crippen molar-refractivity contribution in [2.24, 2.45) is 0 Å². The number of hydrogen-bond donors (Lipinski definition) is 2. The Morgan fingerprint density at radius 3 is 2.81 bits per heavy atom. The number of nitrogens with two attached hydrogens (primary N) is 1. The second kappa shape index (κ2) is 5.42. The van der Waals surface area contributed by atoms with Crippen LogP contribution in [-0.2, 0) is 0 Å². The Hall–Kier alpha value is -2.59. The minimum absolute atomic E-state index is 0.312. The number of halogens is 1. The predicted molar refractivity (Wildman–Crippen MR) is 85.6 cm³/mol. The quantitative estimate of drug-likeness (QED) is 0.708. The second-order valence-corrected chi connectivity index (χ2v) is 5.03. The summed E-state index contributed by atoms with van der Waals surface area (Å²) >= 11 is 5.91. The molecule has 104 valence electrons. The standard InChI is InChI=1S/C16H12ClN3O/c17-11-5-6-14(18)13(7-11)16(21)20-15-9-19-8-10-3-1-2-4-12(10)15/h1-9H,18H2,(H,20,21). The summed E-state index contributed by atoms with van der Waals surface area (Å²) in [5.74, 6) is -0.312. The van der Waals surface area contributed by atoms with Gasteiger partial charge in [-0.1, -0.05) is 35.9 Å². The topological polar surface area (TPSA) is 68.0 Å². The number of anilines is 2. The summed E-state index contributed by atoms with van der Waals surface area (Å²) in [4.78, 5) is 16.5. The van der Waals surface area contributed by atoms with Crippen LogP contribution in [0.15, 0.2) is 54.9 Å². The van der Waals surface area contributed by atoms with Crippen LogP contribution < -0.4 is 11.1 Å². The van der Waals surface area contributed by atoms with Crippen molar-refractivity contribution < 1.29 is 4.79 Å². The van der Waals surface area contributed by atoms with E-state index in [1.165, 1.54) is 0 Å².